The fraction of sp³-hybridized carbons (Fsp3) is 0.263. The number of carbonyl (C=O) groups excluding carboxylic acids is 3. The van der Waals surface area contributed by atoms with Crippen LogP contribution in [0.1, 0.15) is 82.4 Å². The van der Waals surface area contributed by atoms with Gasteiger partial charge in [0.1, 0.15) is 50.3 Å². The highest BCUT2D eigenvalue weighted by molar-refractivity contribution is 5.98. The summed E-state index contributed by atoms with van der Waals surface area (Å²) in [5, 5.41) is 49.9. The first-order chi connectivity index (χ1) is 51.4. The molecule has 0 saturated carbocycles. The third-order valence-electron chi connectivity index (χ3n) is 16.6. The molecule has 0 unspecified atom stereocenters. The number of nitrogens with zero attached hydrogens (tertiary/aromatic N) is 9. The van der Waals surface area contributed by atoms with Crippen molar-refractivity contribution in [1.82, 2.24) is 57.8 Å². The van der Waals surface area contributed by atoms with Crippen molar-refractivity contribution in [3.05, 3.63) is 227 Å². The van der Waals surface area contributed by atoms with E-state index in [-0.39, 0.29) is 49.8 Å². The number of hydrogen-bond acceptors (Lipinski definition) is 20. The monoisotopic (exact) mass is 1460 g/mol. The van der Waals surface area contributed by atoms with Gasteiger partial charge in [0.25, 0.3) is 46.3 Å². The van der Waals surface area contributed by atoms with Crippen LogP contribution in [0.2, 0.25) is 0 Å². The smallest absolute Gasteiger partial charge is 0.300 e. The molecule has 9 heterocycles. The lowest BCUT2D eigenvalue weighted by Crippen LogP contribution is -2.35. The summed E-state index contributed by atoms with van der Waals surface area (Å²) >= 11 is 0. The van der Waals surface area contributed by atoms with Crippen LogP contribution in [0, 0.1) is 16.2 Å². The molecule has 3 aromatic carbocycles. The second-order valence-electron chi connectivity index (χ2n) is 23.3. The topological polar surface area (TPSA) is 407 Å². The second-order valence-corrected chi connectivity index (χ2v) is 23.3. The fourth-order valence-electron chi connectivity index (χ4n) is 11.5. The number of hydrogen-bond donors (Lipinski definition) is 8. The van der Waals surface area contributed by atoms with E-state index in [1.807, 2.05) is 75.4 Å². The molecule has 0 atom stereocenters. The van der Waals surface area contributed by atoms with Crippen molar-refractivity contribution in [1.29, 1.82) is 16.2 Å². The Balaban J connectivity index is 0.000000192. The molecule has 0 radical (unpaired) electrons. The van der Waals surface area contributed by atoms with Crippen molar-refractivity contribution in [2.45, 2.75) is 73.5 Å². The van der Waals surface area contributed by atoms with E-state index in [0.29, 0.717) is 143 Å². The molecule has 31 nitrogen and oxygen atoms in total. The standard InChI is InChI=1S/3C24H25N5O4.2C2H4O2/c3*1-4-28-21(25)16(14-17-22(28)27-20-7-5-6-12-29(20)24(17)31)23(30)26-11-10-15-8-9-18(32-2)19(13-15)33-3;2*1-2(3)4/h3*5-9,12-14,25H,4,10-11H2,1-3H3,(H,26,30);2*1H3,(H,3,4). The number of aryl methyl sites for hydroxylation is 3. The number of ether oxygens (including phenoxy) is 6. The highest BCUT2D eigenvalue weighted by Gasteiger charge is 2.21. The highest BCUT2D eigenvalue weighted by Crippen LogP contribution is 2.30. The van der Waals surface area contributed by atoms with Crippen LogP contribution in [0.15, 0.2) is 160 Å². The molecule has 9 aromatic heterocycles. The van der Waals surface area contributed by atoms with E-state index in [4.69, 9.17) is 64.5 Å². The first-order valence-corrected chi connectivity index (χ1v) is 33.6. The molecule has 12 aromatic rings. The predicted molar refractivity (Wildman–Crippen MR) is 399 cm³/mol. The number of pyridine rings is 6. The third-order valence-corrected chi connectivity index (χ3v) is 16.6. The molecule has 0 bridgehead atoms. The molecule has 3 amide bonds. The van der Waals surface area contributed by atoms with Crippen LogP contribution in [-0.2, 0) is 48.5 Å². The van der Waals surface area contributed by atoms with Gasteiger partial charge in [-0.2, -0.15) is 0 Å². The Bertz CT molecular complexity index is 5170. The molecular weight excluding hydrogens is 1380 g/mol. The molecular formula is C76H83N15O16. The van der Waals surface area contributed by atoms with E-state index < -0.39 is 29.7 Å². The Morgan fingerprint density at radius 1 is 0.383 bits per heavy atom. The Hall–Kier alpha value is -13.5. The number of carboxylic acids is 2. The fourth-order valence-corrected chi connectivity index (χ4v) is 11.5. The Kier molecular flexibility index (Phi) is 27.1. The van der Waals surface area contributed by atoms with E-state index in [1.165, 1.54) is 31.4 Å². The summed E-state index contributed by atoms with van der Waals surface area (Å²) in [6.45, 7) is 9.99. The van der Waals surface area contributed by atoms with Gasteiger partial charge < -0.3 is 68.3 Å². The molecule has 12 rings (SSSR count). The van der Waals surface area contributed by atoms with Crippen LogP contribution in [0.25, 0.3) is 50.0 Å². The Morgan fingerprint density at radius 2 is 0.626 bits per heavy atom. The lowest BCUT2D eigenvalue weighted by atomic mass is 10.1. The number of methoxy groups -OCH3 is 6. The number of benzene rings is 3. The number of fused-ring (bicyclic) bond motifs is 6. The minimum Gasteiger partial charge on any atom is -0.493 e. The first-order valence-electron chi connectivity index (χ1n) is 33.6. The number of carbonyl (C=O) groups is 5. The molecule has 107 heavy (non-hydrogen) atoms. The summed E-state index contributed by atoms with van der Waals surface area (Å²) in [6, 6.07) is 37.0. The van der Waals surface area contributed by atoms with E-state index in [9.17, 15) is 28.8 Å². The SMILES string of the molecule is CC(=O)O.CC(=O)O.CCn1c(=N)c(C(=O)NCCc2ccc(OC)c(OC)c2)cc2c(=O)n3ccccc3nc21.CCn1c(=N)c(C(=O)NCCc2ccc(OC)c(OC)c2)cc2c(=O)n3ccccc3nc21.CCn1c(=N)c(C(=O)NCCc2ccc(OC)c(OC)c2)cc2c(=O)n3ccccc3nc21. The minimum atomic E-state index is -0.833. The van der Waals surface area contributed by atoms with Crippen molar-refractivity contribution in [3.63, 3.8) is 0 Å². The number of aliphatic carboxylic acids is 2. The summed E-state index contributed by atoms with van der Waals surface area (Å²) < 4.78 is 40.7. The number of aromatic nitrogens is 9. The average molecular weight is 1460 g/mol. The van der Waals surface area contributed by atoms with Gasteiger partial charge in [0.2, 0.25) is 0 Å². The van der Waals surface area contributed by atoms with Gasteiger partial charge in [-0.1, -0.05) is 36.4 Å². The molecule has 558 valence electrons. The maximum atomic E-state index is 13.0. The zero-order valence-electron chi connectivity index (χ0n) is 60.9. The largest absolute Gasteiger partial charge is 0.493 e. The zero-order valence-corrected chi connectivity index (χ0v) is 60.9. The first kappa shape index (κ1) is 79.2. The van der Waals surface area contributed by atoms with Gasteiger partial charge in [0.05, 0.1) is 75.5 Å². The lowest BCUT2D eigenvalue weighted by molar-refractivity contribution is -0.135. The molecule has 0 aliphatic rings. The maximum absolute atomic E-state index is 13.0. The van der Waals surface area contributed by atoms with Gasteiger partial charge in [-0.3, -0.25) is 67.8 Å². The number of nitrogens with one attached hydrogen (secondary N) is 6. The van der Waals surface area contributed by atoms with Gasteiger partial charge >= 0.3 is 0 Å². The van der Waals surface area contributed by atoms with Gasteiger partial charge in [0.15, 0.2) is 34.5 Å². The van der Waals surface area contributed by atoms with E-state index in [0.717, 1.165) is 30.5 Å². The molecule has 8 N–H and O–H groups in total. The number of rotatable bonds is 21. The zero-order chi connectivity index (χ0) is 77.8. The number of carboxylic acid groups (broad SMARTS) is 2. The van der Waals surface area contributed by atoms with Crippen LogP contribution in [0.4, 0.5) is 0 Å². The van der Waals surface area contributed by atoms with E-state index in [1.54, 1.807) is 130 Å². The summed E-state index contributed by atoms with van der Waals surface area (Å²) in [4.78, 5) is 110. The van der Waals surface area contributed by atoms with Crippen molar-refractivity contribution in [3.8, 4) is 34.5 Å². The van der Waals surface area contributed by atoms with Gasteiger partial charge in [-0.15, -0.1) is 0 Å². The predicted octanol–water partition coefficient (Wildman–Crippen LogP) is 6.60. The summed E-state index contributed by atoms with van der Waals surface area (Å²) in [5.74, 6) is 0.854. The van der Waals surface area contributed by atoms with Crippen LogP contribution in [-0.4, -0.2) is 144 Å². The summed E-state index contributed by atoms with van der Waals surface area (Å²) in [7, 11) is 9.44. The van der Waals surface area contributed by atoms with E-state index in [2.05, 4.69) is 30.9 Å². The average Bonchev–Trinajstić information content (AvgIpc) is 0.764. The Labute approximate surface area is 611 Å². The van der Waals surface area contributed by atoms with Crippen molar-refractivity contribution >= 4 is 79.7 Å². The Morgan fingerprint density at radius 3 is 0.850 bits per heavy atom. The van der Waals surface area contributed by atoms with Crippen molar-refractivity contribution < 1.29 is 62.6 Å². The van der Waals surface area contributed by atoms with Gasteiger partial charge in [-0.25, -0.2) is 15.0 Å². The maximum Gasteiger partial charge on any atom is 0.300 e. The molecule has 0 aliphatic heterocycles. The van der Waals surface area contributed by atoms with Gasteiger partial charge in [-0.05, 0) is 148 Å². The van der Waals surface area contributed by atoms with Crippen molar-refractivity contribution in [2.24, 2.45) is 0 Å². The molecule has 0 saturated heterocycles. The quantitative estimate of drug-likeness (QED) is 0.0351. The highest BCUT2D eigenvalue weighted by atomic mass is 16.5. The third kappa shape index (κ3) is 18.5. The molecule has 0 aliphatic carbocycles. The second kappa shape index (κ2) is 36.6. The molecule has 31 heteroatoms. The lowest BCUT2D eigenvalue weighted by Gasteiger charge is -2.13. The normalized spacial score (nSPS) is 10.6. The van der Waals surface area contributed by atoms with Crippen molar-refractivity contribution in [2.75, 3.05) is 62.3 Å². The summed E-state index contributed by atoms with van der Waals surface area (Å²) in [5.41, 5.74) is 5.14. The van der Waals surface area contributed by atoms with Crippen LogP contribution in [0.3, 0.4) is 0 Å². The molecule has 0 spiro atoms. The van der Waals surface area contributed by atoms with Crippen LogP contribution in [0.5, 0.6) is 34.5 Å². The number of amides is 3. The van der Waals surface area contributed by atoms with Gasteiger partial charge in [0, 0.05) is 71.7 Å². The van der Waals surface area contributed by atoms with Crippen LogP contribution < -0.4 is 77.5 Å². The summed E-state index contributed by atoms with van der Waals surface area (Å²) in [6.07, 6.45) is 6.61. The minimum absolute atomic E-state index is 0.0146. The van der Waals surface area contributed by atoms with Crippen LogP contribution >= 0.6 is 0 Å². The van der Waals surface area contributed by atoms with E-state index >= 15 is 0 Å². The molecule has 0 fully saturated rings.